The Morgan fingerprint density at radius 2 is 1.84 bits per heavy atom. The zero-order chi connectivity index (χ0) is 13.2. The third kappa shape index (κ3) is 6.63. The van der Waals surface area contributed by atoms with Gasteiger partial charge in [0.05, 0.1) is 34.0 Å². The van der Waals surface area contributed by atoms with Gasteiger partial charge in [-0.05, 0) is 17.7 Å². The Balaban J connectivity index is 0.00000324. The summed E-state index contributed by atoms with van der Waals surface area (Å²) in [5, 5.41) is 11.8. The number of hydrogen-bond acceptors (Lipinski definition) is 5. The predicted molar refractivity (Wildman–Crippen MR) is 69.2 cm³/mol. The first-order chi connectivity index (χ1) is 8.81. The molecule has 0 fully saturated rings. The Hall–Kier alpha value is -1.01. The highest BCUT2D eigenvalue weighted by molar-refractivity contribution is 5.42. The second-order valence-electron chi connectivity index (χ2n) is 3.70. The molecule has 0 bridgehead atoms. The van der Waals surface area contributed by atoms with Crippen molar-refractivity contribution in [2.24, 2.45) is 0 Å². The van der Waals surface area contributed by atoms with Crippen molar-refractivity contribution in [2.45, 2.75) is 6.54 Å². The minimum atomic E-state index is 0. The van der Waals surface area contributed by atoms with Crippen LogP contribution in [0.2, 0.25) is 0 Å². The van der Waals surface area contributed by atoms with Gasteiger partial charge in [-0.3, -0.25) is 0 Å². The quantitative estimate of drug-likeness (QED) is 0.506. The van der Waals surface area contributed by atoms with Crippen molar-refractivity contribution in [3.8, 4) is 11.5 Å². The number of methoxy groups -OCH3 is 2. The van der Waals surface area contributed by atoms with E-state index in [4.69, 9.17) is 19.3 Å². The van der Waals surface area contributed by atoms with E-state index in [1.807, 2.05) is 18.2 Å². The van der Waals surface area contributed by atoms with Crippen molar-refractivity contribution in [1.29, 1.82) is 0 Å². The van der Waals surface area contributed by atoms with E-state index < -0.39 is 0 Å². The SMILES string of the molecule is COc1ccc(CNCCOCCO)cc1OC.[Cl-]. The molecular weight excluding hydrogens is 270 g/mol. The van der Waals surface area contributed by atoms with Crippen molar-refractivity contribution in [1.82, 2.24) is 5.32 Å². The van der Waals surface area contributed by atoms with Crippen LogP contribution < -0.4 is 27.2 Å². The molecular formula is C13H21ClNO4-. The van der Waals surface area contributed by atoms with Crippen molar-refractivity contribution >= 4 is 0 Å². The zero-order valence-electron chi connectivity index (χ0n) is 11.3. The number of hydrogen-bond donors (Lipinski definition) is 2. The van der Waals surface area contributed by atoms with E-state index in [0.29, 0.717) is 13.2 Å². The number of nitrogens with one attached hydrogen (secondary N) is 1. The first kappa shape index (κ1) is 18.0. The summed E-state index contributed by atoms with van der Waals surface area (Å²) in [5.41, 5.74) is 1.12. The van der Waals surface area contributed by atoms with Gasteiger partial charge in [0.2, 0.25) is 0 Å². The van der Waals surface area contributed by atoms with E-state index in [9.17, 15) is 0 Å². The number of benzene rings is 1. The van der Waals surface area contributed by atoms with Gasteiger partial charge in [0.1, 0.15) is 0 Å². The molecule has 1 rings (SSSR count). The first-order valence-electron chi connectivity index (χ1n) is 5.92. The fraction of sp³-hybridized carbons (Fsp3) is 0.538. The molecule has 1 aromatic carbocycles. The van der Waals surface area contributed by atoms with Crippen LogP contribution in [0, 0.1) is 0 Å². The van der Waals surface area contributed by atoms with Gasteiger partial charge in [0, 0.05) is 13.1 Å². The van der Waals surface area contributed by atoms with Crippen LogP contribution in [-0.4, -0.2) is 45.7 Å². The molecule has 2 N–H and O–H groups in total. The van der Waals surface area contributed by atoms with Crippen LogP contribution >= 0.6 is 0 Å². The minimum absolute atomic E-state index is 0. The van der Waals surface area contributed by atoms with Gasteiger partial charge < -0.3 is 37.0 Å². The smallest absolute Gasteiger partial charge is 0.161 e. The van der Waals surface area contributed by atoms with Gasteiger partial charge in [0.15, 0.2) is 11.5 Å². The highest BCUT2D eigenvalue weighted by atomic mass is 35.5. The fourth-order valence-corrected chi connectivity index (χ4v) is 1.53. The number of halogens is 1. The maximum atomic E-state index is 8.54. The Morgan fingerprint density at radius 1 is 1.11 bits per heavy atom. The third-order valence-corrected chi connectivity index (χ3v) is 2.44. The predicted octanol–water partition coefficient (Wildman–Crippen LogP) is -2.19. The molecule has 5 nitrogen and oxygen atoms in total. The van der Waals surface area contributed by atoms with Crippen molar-refractivity contribution in [3.63, 3.8) is 0 Å². The summed E-state index contributed by atoms with van der Waals surface area (Å²) in [5.74, 6) is 1.46. The van der Waals surface area contributed by atoms with Crippen LogP contribution in [0.3, 0.4) is 0 Å². The lowest BCUT2D eigenvalue weighted by Gasteiger charge is -2.10. The maximum Gasteiger partial charge on any atom is 0.161 e. The first-order valence-corrected chi connectivity index (χ1v) is 5.92. The van der Waals surface area contributed by atoms with Gasteiger partial charge in [-0.15, -0.1) is 0 Å². The number of rotatable bonds is 9. The van der Waals surface area contributed by atoms with Gasteiger partial charge in [-0.1, -0.05) is 6.07 Å². The van der Waals surface area contributed by atoms with E-state index >= 15 is 0 Å². The van der Waals surface area contributed by atoms with Crippen LogP contribution in [0.1, 0.15) is 5.56 Å². The Bertz CT molecular complexity index is 349. The number of aliphatic hydroxyl groups excluding tert-OH is 1. The molecule has 0 heterocycles. The molecule has 6 heteroatoms. The molecule has 0 aliphatic heterocycles. The third-order valence-electron chi connectivity index (χ3n) is 2.44. The highest BCUT2D eigenvalue weighted by Crippen LogP contribution is 2.27. The number of ether oxygens (including phenoxy) is 3. The highest BCUT2D eigenvalue weighted by Gasteiger charge is 2.03. The monoisotopic (exact) mass is 290 g/mol. The molecule has 0 atom stereocenters. The van der Waals surface area contributed by atoms with Crippen LogP contribution in [-0.2, 0) is 11.3 Å². The molecule has 1 aromatic rings. The normalized spacial score (nSPS) is 9.84. The molecule has 0 aliphatic rings. The summed E-state index contributed by atoms with van der Waals surface area (Å²) >= 11 is 0. The Labute approximate surface area is 120 Å². The topological polar surface area (TPSA) is 60.0 Å². The van der Waals surface area contributed by atoms with Crippen LogP contribution in [0.4, 0.5) is 0 Å². The second kappa shape index (κ2) is 10.9. The zero-order valence-corrected chi connectivity index (χ0v) is 12.1. The summed E-state index contributed by atoms with van der Waals surface area (Å²) in [7, 11) is 3.24. The molecule has 19 heavy (non-hydrogen) atoms. The van der Waals surface area contributed by atoms with Crippen LogP contribution in [0.25, 0.3) is 0 Å². The molecule has 0 saturated heterocycles. The van der Waals surface area contributed by atoms with Crippen LogP contribution in [0.5, 0.6) is 11.5 Å². The summed E-state index contributed by atoms with van der Waals surface area (Å²) in [6.07, 6.45) is 0. The summed E-state index contributed by atoms with van der Waals surface area (Å²) in [6.45, 7) is 2.53. The van der Waals surface area contributed by atoms with Crippen LogP contribution in [0.15, 0.2) is 18.2 Å². The summed E-state index contributed by atoms with van der Waals surface area (Å²) in [6, 6.07) is 5.82. The molecule has 0 unspecified atom stereocenters. The summed E-state index contributed by atoms with van der Waals surface area (Å²) < 4.78 is 15.5. The molecule has 0 amide bonds. The fourth-order valence-electron chi connectivity index (χ4n) is 1.53. The standard InChI is InChI=1S/C13H21NO4.ClH/c1-16-12-4-3-11(9-13(12)17-2)10-14-5-7-18-8-6-15;/h3-4,9,14-15H,5-8,10H2,1-2H3;1H/p-1. The average Bonchev–Trinajstić information content (AvgIpc) is 2.42. The molecule has 0 saturated carbocycles. The van der Waals surface area contributed by atoms with E-state index in [0.717, 1.165) is 30.2 Å². The molecule has 0 radical (unpaired) electrons. The molecule has 0 spiro atoms. The van der Waals surface area contributed by atoms with Gasteiger partial charge in [-0.25, -0.2) is 0 Å². The average molecular weight is 291 g/mol. The molecule has 0 aliphatic carbocycles. The van der Waals surface area contributed by atoms with Gasteiger partial charge in [-0.2, -0.15) is 0 Å². The lowest BCUT2D eigenvalue weighted by atomic mass is 10.2. The lowest BCUT2D eigenvalue weighted by molar-refractivity contribution is -0.00000550. The summed E-state index contributed by atoms with van der Waals surface area (Å²) in [4.78, 5) is 0. The van der Waals surface area contributed by atoms with E-state index in [-0.39, 0.29) is 19.0 Å². The van der Waals surface area contributed by atoms with Crippen molar-refractivity contribution < 1.29 is 31.7 Å². The lowest BCUT2D eigenvalue weighted by Crippen LogP contribution is -3.00. The Kier molecular flexibility index (Phi) is 10.3. The largest absolute Gasteiger partial charge is 1.00 e. The Morgan fingerprint density at radius 3 is 2.47 bits per heavy atom. The van der Waals surface area contributed by atoms with E-state index in [1.54, 1.807) is 14.2 Å². The maximum absolute atomic E-state index is 8.54. The minimum Gasteiger partial charge on any atom is -1.00 e. The van der Waals surface area contributed by atoms with E-state index in [1.165, 1.54) is 0 Å². The number of aliphatic hydroxyl groups is 1. The molecule has 110 valence electrons. The van der Waals surface area contributed by atoms with Gasteiger partial charge >= 0.3 is 0 Å². The second-order valence-corrected chi connectivity index (χ2v) is 3.70. The molecule has 0 aromatic heterocycles. The van der Waals surface area contributed by atoms with Crippen molar-refractivity contribution in [3.05, 3.63) is 23.8 Å². The van der Waals surface area contributed by atoms with Gasteiger partial charge in [0.25, 0.3) is 0 Å². The van der Waals surface area contributed by atoms with E-state index in [2.05, 4.69) is 5.32 Å². The van der Waals surface area contributed by atoms with Crippen molar-refractivity contribution in [2.75, 3.05) is 40.6 Å².